The molecule has 0 radical (unpaired) electrons. The summed E-state index contributed by atoms with van der Waals surface area (Å²) in [5, 5.41) is 9.36. The Balaban J connectivity index is 1.71. The Morgan fingerprint density at radius 3 is 2.55 bits per heavy atom. The van der Waals surface area contributed by atoms with Gasteiger partial charge in [0.05, 0.1) is 0 Å². The highest BCUT2D eigenvalue weighted by Crippen LogP contribution is 2.29. The van der Waals surface area contributed by atoms with Crippen LogP contribution in [-0.4, -0.2) is 32.8 Å². The van der Waals surface area contributed by atoms with E-state index in [1.54, 1.807) is 26.0 Å². The first-order valence-corrected chi connectivity index (χ1v) is 9.83. The molecule has 0 saturated heterocycles. The van der Waals surface area contributed by atoms with Crippen molar-refractivity contribution in [2.75, 3.05) is 6.54 Å². The molecular formula is C24H20N4O3. The average Bonchev–Trinajstić information content (AvgIpc) is 3.29. The Morgan fingerprint density at radius 2 is 1.90 bits per heavy atom. The van der Waals surface area contributed by atoms with Gasteiger partial charge in [-0.05, 0) is 37.1 Å². The number of rotatable bonds is 4. The molecule has 1 aliphatic rings. The lowest BCUT2D eigenvalue weighted by atomic mass is 9.95. The Kier molecular flexibility index (Phi) is 5.14. The van der Waals surface area contributed by atoms with Crippen molar-refractivity contribution in [1.82, 2.24) is 14.5 Å². The molecule has 0 aliphatic carbocycles. The lowest BCUT2D eigenvalue weighted by molar-refractivity contribution is -0.140. The third-order valence-electron chi connectivity index (χ3n) is 5.29. The van der Waals surface area contributed by atoms with E-state index >= 15 is 0 Å². The minimum Gasteiger partial charge on any atom is -0.437 e. The van der Waals surface area contributed by atoms with Gasteiger partial charge in [0.2, 0.25) is 5.71 Å². The van der Waals surface area contributed by atoms with Crippen molar-refractivity contribution in [3.8, 4) is 6.07 Å². The van der Waals surface area contributed by atoms with Gasteiger partial charge in [-0.15, -0.1) is 0 Å². The molecule has 0 fully saturated rings. The Morgan fingerprint density at radius 1 is 1.16 bits per heavy atom. The number of imidazole rings is 1. The van der Waals surface area contributed by atoms with Crippen LogP contribution in [-0.2, 0) is 16.6 Å². The zero-order valence-electron chi connectivity index (χ0n) is 17.4. The second-order valence-electron chi connectivity index (χ2n) is 7.14. The number of hydrogen-bond donors (Lipinski definition) is 0. The number of imide groups is 1. The molecule has 0 N–H and O–H groups in total. The number of fused-ring (bicyclic) bond motifs is 1. The van der Waals surface area contributed by atoms with E-state index in [0.717, 1.165) is 21.8 Å². The number of nitriles is 1. The average molecular weight is 412 g/mol. The third kappa shape index (κ3) is 3.49. The maximum Gasteiger partial charge on any atom is 0.271 e. The van der Waals surface area contributed by atoms with E-state index in [0.29, 0.717) is 17.0 Å². The van der Waals surface area contributed by atoms with Crippen molar-refractivity contribution in [2.24, 2.45) is 7.05 Å². The van der Waals surface area contributed by atoms with Gasteiger partial charge in [0.1, 0.15) is 28.7 Å². The number of carbonyl (C=O) groups is 2. The quantitative estimate of drug-likeness (QED) is 0.478. The molecule has 0 unspecified atom stereocenters. The molecule has 3 aromatic rings. The lowest BCUT2D eigenvalue weighted by Crippen LogP contribution is -2.42. The van der Waals surface area contributed by atoms with E-state index in [9.17, 15) is 14.9 Å². The van der Waals surface area contributed by atoms with Gasteiger partial charge in [-0.2, -0.15) is 10.2 Å². The molecule has 154 valence electrons. The molecule has 1 aliphatic heterocycles. The summed E-state index contributed by atoms with van der Waals surface area (Å²) >= 11 is 0. The van der Waals surface area contributed by atoms with E-state index in [1.807, 2.05) is 60.2 Å². The van der Waals surface area contributed by atoms with Crippen molar-refractivity contribution in [1.29, 1.82) is 5.26 Å². The fourth-order valence-corrected chi connectivity index (χ4v) is 3.53. The third-order valence-corrected chi connectivity index (χ3v) is 5.29. The second kappa shape index (κ2) is 7.92. The maximum absolute atomic E-state index is 12.8. The van der Waals surface area contributed by atoms with Gasteiger partial charge < -0.3 is 8.98 Å². The zero-order valence-corrected chi connectivity index (χ0v) is 17.4. The first-order chi connectivity index (χ1) is 14.9. The fourth-order valence-electron chi connectivity index (χ4n) is 3.53. The number of carbonyl (C=O) groups excluding carboxylic acids is 2. The molecule has 3 heterocycles. The Hall–Kier alpha value is -4.18. The van der Waals surface area contributed by atoms with Crippen LogP contribution >= 0.6 is 0 Å². The van der Waals surface area contributed by atoms with E-state index in [2.05, 4.69) is 4.98 Å². The van der Waals surface area contributed by atoms with Gasteiger partial charge >= 0.3 is 0 Å². The Bertz CT molecular complexity index is 1330. The van der Waals surface area contributed by atoms with Crippen molar-refractivity contribution in [3.05, 3.63) is 70.3 Å². The number of amides is 2. The van der Waals surface area contributed by atoms with Gasteiger partial charge in [0.25, 0.3) is 11.8 Å². The summed E-state index contributed by atoms with van der Waals surface area (Å²) in [5.41, 5.74) is 2.86. The minimum atomic E-state index is -0.564. The molecule has 1 aromatic carbocycles. The number of benzene rings is 1. The minimum absolute atomic E-state index is 0.0322. The molecule has 7 heteroatoms. The molecule has 31 heavy (non-hydrogen) atoms. The van der Waals surface area contributed by atoms with Crippen LogP contribution in [0.1, 0.15) is 31.0 Å². The molecular weight excluding hydrogens is 392 g/mol. The normalized spacial score (nSPS) is 16.2. The number of furan rings is 1. The Labute approximate surface area is 179 Å². The van der Waals surface area contributed by atoms with Crippen LogP contribution in [0.15, 0.2) is 57.5 Å². The molecule has 2 aromatic heterocycles. The first-order valence-electron chi connectivity index (χ1n) is 9.83. The maximum atomic E-state index is 12.8. The summed E-state index contributed by atoms with van der Waals surface area (Å²) in [4.78, 5) is 30.6. The molecule has 0 saturated carbocycles. The van der Waals surface area contributed by atoms with Crippen LogP contribution in [0.5, 0.6) is 0 Å². The largest absolute Gasteiger partial charge is 0.437 e. The van der Waals surface area contributed by atoms with Crippen LogP contribution < -0.4 is 0 Å². The number of aryl methyl sites for hydroxylation is 1. The predicted octanol–water partition coefficient (Wildman–Crippen LogP) is 3.95. The molecule has 2 amide bonds. The summed E-state index contributed by atoms with van der Waals surface area (Å²) < 4.78 is 7.74. The van der Waals surface area contributed by atoms with Gasteiger partial charge in [0, 0.05) is 25.2 Å². The summed E-state index contributed by atoms with van der Waals surface area (Å²) in [5.74, 6) is 0.155. The molecule has 0 spiro atoms. The van der Waals surface area contributed by atoms with Crippen LogP contribution in [0.3, 0.4) is 0 Å². The van der Waals surface area contributed by atoms with Crippen LogP contribution in [0, 0.1) is 11.3 Å². The van der Waals surface area contributed by atoms with E-state index in [4.69, 9.17) is 4.42 Å². The number of nitrogens with zero attached hydrogens (tertiary/aromatic N) is 4. The standard InChI is InChI=1S/C24H20N4O3/c1-4-28-23(29)18(15(2)19(14-25)24(28)30)12-17-13-20-22(31-17)26-21(27(20)3)11-10-16-8-6-5-7-9-16/h5-13H,4H2,1-3H3/b11-10+,18-12-. The predicted molar refractivity (Wildman–Crippen MR) is 117 cm³/mol. The number of aromatic nitrogens is 2. The first kappa shape index (κ1) is 20.1. The van der Waals surface area contributed by atoms with Crippen LogP contribution in [0.25, 0.3) is 29.5 Å². The number of likely N-dealkylation sites (N-methyl/N-ethyl adjacent to an activating group) is 1. The lowest BCUT2D eigenvalue weighted by Gasteiger charge is -2.25. The molecule has 7 nitrogen and oxygen atoms in total. The van der Waals surface area contributed by atoms with Gasteiger partial charge in [-0.1, -0.05) is 36.4 Å². The summed E-state index contributed by atoms with van der Waals surface area (Å²) in [6.07, 6.45) is 5.44. The van der Waals surface area contributed by atoms with Crippen molar-refractivity contribution < 1.29 is 14.0 Å². The van der Waals surface area contributed by atoms with Gasteiger partial charge in [-0.25, -0.2) is 0 Å². The summed E-state index contributed by atoms with van der Waals surface area (Å²) in [6.45, 7) is 3.48. The SMILES string of the molecule is CCN1C(=O)C(C#N)=C(C)/C(=C/c2cc3c(nc(/C=C/c4ccccc4)n3C)o2)C1=O. The van der Waals surface area contributed by atoms with Crippen LogP contribution in [0.2, 0.25) is 0 Å². The van der Waals surface area contributed by atoms with E-state index in [-0.39, 0.29) is 17.7 Å². The van der Waals surface area contributed by atoms with E-state index < -0.39 is 11.8 Å². The summed E-state index contributed by atoms with van der Waals surface area (Å²) in [7, 11) is 1.88. The highest BCUT2D eigenvalue weighted by atomic mass is 16.3. The zero-order chi connectivity index (χ0) is 22.1. The second-order valence-corrected chi connectivity index (χ2v) is 7.14. The highest BCUT2D eigenvalue weighted by Gasteiger charge is 2.34. The number of hydrogen-bond acceptors (Lipinski definition) is 5. The van der Waals surface area contributed by atoms with Crippen molar-refractivity contribution in [3.63, 3.8) is 0 Å². The molecule has 0 bridgehead atoms. The van der Waals surface area contributed by atoms with Crippen LogP contribution in [0.4, 0.5) is 0 Å². The smallest absolute Gasteiger partial charge is 0.271 e. The van der Waals surface area contributed by atoms with Crippen molar-refractivity contribution in [2.45, 2.75) is 13.8 Å². The topological polar surface area (TPSA) is 92.1 Å². The highest BCUT2D eigenvalue weighted by molar-refractivity contribution is 6.19. The van der Waals surface area contributed by atoms with E-state index in [1.165, 1.54) is 0 Å². The molecule has 4 rings (SSSR count). The summed E-state index contributed by atoms with van der Waals surface area (Å²) in [6, 6.07) is 13.6. The fraction of sp³-hybridized carbons (Fsp3) is 0.167. The van der Waals surface area contributed by atoms with Gasteiger partial charge in [0.15, 0.2) is 0 Å². The van der Waals surface area contributed by atoms with Gasteiger partial charge in [-0.3, -0.25) is 14.5 Å². The monoisotopic (exact) mass is 412 g/mol. The molecule has 0 atom stereocenters. The van der Waals surface area contributed by atoms with Crippen molar-refractivity contribution >= 4 is 41.3 Å².